The summed E-state index contributed by atoms with van der Waals surface area (Å²) in [6, 6.07) is 6.18. The van der Waals surface area contributed by atoms with E-state index in [1.807, 2.05) is 18.2 Å². The van der Waals surface area contributed by atoms with Gasteiger partial charge in [0.2, 0.25) is 0 Å². The number of rotatable bonds is 2. The van der Waals surface area contributed by atoms with Gasteiger partial charge in [-0.25, -0.2) is 4.98 Å². The molecule has 1 aromatic heterocycles. The van der Waals surface area contributed by atoms with Gasteiger partial charge in [-0.2, -0.15) is 0 Å². The van der Waals surface area contributed by atoms with E-state index in [-0.39, 0.29) is 6.61 Å². The maximum absolute atomic E-state index is 9.42. The zero-order chi connectivity index (χ0) is 12.2. The molecule has 3 N–H and O–H groups in total. The van der Waals surface area contributed by atoms with Gasteiger partial charge in [-0.15, -0.1) is 0 Å². The molecule has 0 aliphatic heterocycles. The van der Waals surface area contributed by atoms with Crippen LogP contribution >= 0.6 is 0 Å². The van der Waals surface area contributed by atoms with Crippen molar-refractivity contribution in [2.24, 2.45) is 5.41 Å². The summed E-state index contributed by atoms with van der Waals surface area (Å²) in [6.07, 6.45) is 1.13. The highest BCUT2D eigenvalue weighted by molar-refractivity contribution is 5.80. The number of aliphatic hydroxyl groups excluding tert-OH is 1. The van der Waals surface area contributed by atoms with Crippen LogP contribution in [0, 0.1) is 5.41 Å². The number of hydrogen-bond donors (Lipinski definition) is 2. The highest BCUT2D eigenvalue weighted by Gasteiger charge is 2.48. The molecule has 4 nitrogen and oxygen atoms in total. The van der Waals surface area contributed by atoms with Gasteiger partial charge in [0.1, 0.15) is 12.4 Å². The second kappa shape index (κ2) is 3.23. The zero-order valence-electron chi connectivity index (χ0n) is 10.1. The fourth-order valence-corrected chi connectivity index (χ4v) is 2.51. The molecule has 1 fully saturated rings. The van der Waals surface area contributed by atoms with Crippen molar-refractivity contribution in [1.82, 2.24) is 9.55 Å². The lowest BCUT2D eigenvalue weighted by Crippen LogP contribution is -2.05. The van der Waals surface area contributed by atoms with E-state index in [9.17, 15) is 5.11 Å². The molecule has 0 saturated heterocycles. The van der Waals surface area contributed by atoms with E-state index >= 15 is 0 Å². The number of aliphatic hydroxyl groups is 1. The molecule has 3 rings (SSSR count). The van der Waals surface area contributed by atoms with Gasteiger partial charge < -0.3 is 15.4 Å². The van der Waals surface area contributed by atoms with E-state index < -0.39 is 0 Å². The average Bonchev–Trinajstić information content (AvgIpc) is 2.74. The molecule has 17 heavy (non-hydrogen) atoms. The van der Waals surface area contributed by atoms with Crippen molar-refractivity contribution < 1.29 is 5.11 Å². The lowest BCUT2D eigenvalue weighted by Gasteiger charge is -2.09. The molecule has 0 radical (unpaired) electrons. The van der Waals surface area contributed by atoms with Crippen LogP contribution in [0.15, 0.2) is 18.2 Å². The Bertz CT molecular complexity index is 586. The van der Waals surface area contributed by atoms with Crippen LogP contribution in [0.25, 0.3) is 11.0 Å². The Balaban J connectivity index is 2.21. The molecule has 4 heteroatoms. The SMILES string of the molecule is CC1(C)CC1n1c(CO)nc2cc(N)ccc21. The number of nitrogens with two attached hydrogens (primary N) is 1. The average molecular weight is 231 g/mol. The van der Waals surface area contributed by atoms with E-state index in [0.717, 1.165) is 23.3 Å². The number of hydrogen-bond acceptors (Lipinski definition) is 3. The number of nitrogen functional groups attached to an aromatic ring is 1. The molecule has 1 aliphatic rings. The molecule has 0 amide bonds. The van der Waals surface area contributed by atoms with E-state index in [1.165, 1.54) is 0 Å². The lowest BCUT2D eigenvalue weighted by atomic mass is 10.2. The first-order valence-corrected chi connectivity index (χ1v) is 5.90. The van der Waals surface area contributed by atoms with Crippen molar-refractivity contribution >= 4 is 16.7 Å². The first-order chi connectivity index (χ1) is 8.03. The van der Waals surface area contributed by atoms with E-state index in [4.69, 9.17) is 5.73 Å². The summed E-state index contributed by atoms with van der Waals surface area (Å²) < 4.78 is 2.16. The molecule has 1 unspecified atom stereocenters. The minimum absolute atomic E-state index is 0.0266. The number of aromatic nitrogens is 2. The van der Waals surface area contributed by atoms with Crippen LogP contribution < -0.4 is 5.73 Å². The van der Waals surface area contributed by atoms with Gasteiger partial charge in [0, 0.05) is 11.7 Å². The summed E-state index contributed by atoms with van der Waals surface area (Å²) in [5.74, 6) is 0.737. The Labute approximate surface area is 100 Å². The summed E-state index contributed by atoms with van der Waals surface area (Å²) >= 11 is 0. The molecule has 1 heterocycles. The zero-order valence-corrected chi connectivity index (χ0v) is 10.1. The summed E-state index contributed by atoms with van der Waals surface area (Å²) in [7, 11) is 0. The van der Waals surface area contributed by atoms with Gasteiger partial charge in [-0.1, -0.05) is 13.8 Å². The smallest absolute Gasteiger partial charge is 0.135 e. The fourth-order valence-electron chi connectivity index (χ4n) is 2.51. The van der Waals surface area contributed by atoms with Gasteiger partial charge in [-0.3, -0.25) is 0 Å². The Hall–Kier alpha value is -1.55. The van der Waals surface area contributed by atoms with Gasteiger partial charge in [0.25, 0.3) is 0 Å². The molecular formula is C13H17N3O. The minimum Gasteiger partial charge on any atom is -0.399 e. The highest BCUT2D eigenvalue weighted by atomic mass is 16.3. The van der Waals surface area contributed by atoms with Crippen molar-refractivity contribution in [2.45, 2.75) is 32.9 Å². The highest BCUT2D eigenvalue weighted by Crippen LogP contribution is 2.56. The third kappa shape index (κ3) is 1.52. The Morgan fingerprint density at radius 3 is 2.82 bits per heavy atom. The topological polar surface area (TPSA) is 64.1 Å². The molecule has 0 spiro atoms. The predicted octanol–water partition coefficient (Wildman–Crippen LogP) is 2.08. The van der Waals surface area contributed by atoms with Crippen LogP contribution in [0.1, 0.15) is 32.1 Å². The summed E-state index contributed by atoms with van der Waals surface area (Å²) in [6.45, 7) is 4.45. The Morgan fingerprint density at radius 2 is 2.24 bits per heavy atom. The van der Waals surface area contributed by atoms with Gasteiger partial charge in [0.15, 0.2) is 0 Å². The van der Waals surface area contributed by atoms with Crippen LogP contribution in [0.2, 0.25) is 0 Å². The van der Waals surface area contributed by atoms with Crippen LogP contribution in [0.5, 0.6) is 0 Å². The predicted molar refractivity (Wildman–Crippen MR) is 67.5 cm³/mol. The van der Waals surface area contributed by atoms with Gasteiger partial charge >= 0.3 is 0 Å². The number of imidazole rings is 1. The summed E-state index contributed by atoms with van der Waals surface area (Å²) in [5, 5.41) is 9.42. The molecule has 1 saturated carbocycles. The van der Waals surface area contributed by atoms with Crippen LogP contribution in [-0.2, 0) is 6.61 Å². The molecule has 2 aromatic rings. The van der Waals surface area contributed by atoms with E-state index in [1.54, 1.807) is 0 Å². The van der Waals surface area contributed by atoms with Crippen molar-refractivity contribution in [3.63, 3.8) is 0 Å². The standard InChI is InChI=1S/C13H17N3O/c1-13(2)6-11(13)16-10-4-3-8(14)5-9(10)15-12(16)7-17/h3-5,11,17H,6-7,14H2,1-2H3. The maximum Gasteiger partial charge on any atom is 0.135 e. The number of anilines is 1. The molecular weight excluding hydrogens is 214 g/mol. The normalized spacial score (nSPS) is 21.9. The number of nitrogens with zero attached hydrogens (tertiary/aromatic N) is 2. The second-order valence-corrected chi connectivity index (χ2v) is 5.51. The lowest BCUT2D eigenvalue weighted by molar-refractivity contribution is 0.264. The summed E-state index contributed by atoms with van der Waals surface area (Å²) in [4.78, 5) is 4.45. The number of benzene rings is 1. The van der Waals surface area contributed by atoms with Crippen LogP contribution in [0.4, 0.5) is 5.69 Å². The van der Waals surface area contributed by atoms with Crippen molar-refractivity contribution in [3.8, 4) is 0 Å². The summed E-state index contributed by atoms with van der Waals surface area (Å²) in [5.41, 5.74) is 8.71. The van der Waals surface area contributed by atoms with E-state index in [0.29, 0.717) is 17.1 Å². The number of fused-ring (bicyclic) bond motifs is 1. The molecule has 1 aliphatic carbocycles. The van der Waals surface area contributed by atoms with Gasteiger partial charge in [0.05, 0.1) is 11.0 Å². The fraction of sp³-hybridized carbons (Fsp3) is 0.462. The molecule has 90 valence electrons. The second-order valence-electron chi connectivity index (χ2n) is 5.51. The Morgan fingerprint density at radius 1 is 1.53 bits per heavy atom. The van der Waals surface area contributed by atoms with Crippen LogP contribution in [0.3, 0.4) is 0 Å². The largest absolute Gasteiger partial charge is 0.399 e. The molecule has 1 atom stereocenters. The van der Waals surface area contributed by atoms with E-state index in [2.05, 4.69) is 23.4 Å². The third-order valence-electron chi connectivity index (χ3n) is 3.70. The maximum atomic E-state index is 9.42. The van der Waals surface area contributed by atoms with Gasteiger partial charge in [-0.05, 0) is 30.0 Å². The van der Waals surface area contributed by atoms with Crippen LogP contribution in [-0.4, -0.2) is 14.7 Å². The molecule has 0 bridgehead atoms. The minimum atomic E-state index is -0.0266. The monoisotopic (exact) mass is 231 g/mol. The third-order valence-corrected chi connectivity index (χ3v) is 3.70. The first kappa shape index (κ1) is 10.6. The van der Waals surface area contributed by atoms with Crippen molar-refractivity contribution in [3.05, 3.63) is 24.0 Å². The molecule has 1 aromatic carbocycles. The van der Waals surface area contributed by atoms with Crippen molar-refractivity contribution in [1.29, 1.82) is 0 Å². The van der Waals surface area contributed by atoms with Crippen molar-refractivity contribution in [2.75, 3.05) is 5.73 Å². The Kier molecular flexibility index (Phi) is 2.01. The quantitative estimate of drug-likeness (QED) is 0.778. The first-order valence-electron chi connectivity index (χ1n) is 5.90.